The van der Waals surface area contributed by atoms with Gasteiger partial charge in [-0.1, -0.05) is 78.9 Å². The van der Waals surface area contributed by atoms with Crippen LogP contribution in [0.1, 0.15) is 34.8 Å². The first-order valence-corrected chi connectivity index (χ1v) is 12.0. The van der Waals surface area contributed by atoms with Crippen LogP contribution in [0.25, 0.3) is 21.9 Å². The predicted molar refractivity (Wildman–Crippen MR) is 156 cm³/mol. The zero-order valence-corrected chi connectivity index (χ0v) is 22.3. The molecule has 0 bridgehead atoms. The van der Waals surface area contributed by atoms with Crippen molar-refractivity contribution < 1.29 is 0 Å². The number of fused-ring (bicyclic) bond motifs is 1. The van der Waals surface area contributed by atoms with E-state index in [1.54, 1.807) is 0 Å². The molecule has 0 spiro atoms. The molecular weight excluding hydrogens is 499 g/mol. The van der Waals surface area contributed by atoms with Gasteiger partial charge in [0.1, 0.15) is 0 Å². The number of hydrogen-bond donors (Lipinski definition) is 1. The number of hydrogen-bond acceptors (Lipinski definition) is 3. The standard InChI is InChI=1S/C31H28N4.2ClH/c1-35-22-33-21-31(35)30(17-15-23-8-3-2-4-9-23)34-20-24-14-16-26(19-32)29(18-24)28-13-7-11-25-10-5-6-12-27(25)28;;/h2-14,16,18,21-22,30,34H,15,17,20H2,1H3;2*1H. The SMILES string of the molecule is Cl.Cl.Cn1cncc1C(CCc1ccccc1)NCc1ccc(C#N)c(-c2cccc3ccccc23)c1. The molecule has 4 aromatic carbocycles. The first-order valence-electron chi connectivity index (χ1n) is 12.0. The molecule has 1 heterocycles. The average molecular weight is 530 g/mol. The molecule has 37 heavy (non-hydrogen) atoms. The van der Waals surface area contributed by atoms with Crippen LogP contribution in [0.15, 0.2) is 104 Å². The van der Waals surface area contributed by atoms with Crippen molar-refractivity contribution in [3.63, 3.8) is 0 Å². The highest BCUT2D eigenvalue weighted by molar-refractivity contribution is 5.97. The number of nitriles is 1. The van der Waals surface area contributed by atoms with E-state index in [1.165, 1.54) is 16.6 Å². The van der Waals surface area contributed by atoms with Gasteiger partial charge in [0.05, 0.1) is 23.7 Å². The highest BCUT2D eigenvalue weighted by atomic mass is 35.5. The van der Waals surface area contributed by atoms with Crippen LogP contribution in [0.5, 0.6) is 0 Å². The van der Waals surface area contributed by atoms with Crippen LogP contribution in [-0.2, 0) is 20.0 Å². The Labute approximate surface area is 230 Å². The predicted octanol–water partition coefficient (Wildman–Crippen LogP) is 7.42. The average Bonchev–Trinajstić information content (AvgIpc) is 3.34. The summed E-state index contributed by atoms with van der Waals surface area (Å²) < 4.78 is 2.09. The van der Waals surface area contributed by atoms with Gasteiger partial charge in [-0.3, -0.25) is 0 Å². The molecule has 1 unspecified atom stereocenters. The normalized spacial score (nSPS) is 11.2. The zero-order valence-electron chi connectivity index (χ0n) is 20.7. The molecule has 4 nitrogen and oxygen atoms in total. The van der Waals surface area contributed by atoms with Gasteiger partial charge in [-0.2, -0.15) is 5.26 Å². The minimum Gasteiger partial charge on any atom is -0.336 e. The van der Waals surface area contributed by atoms with E-state index >= 15 is 0 Å². The van der Waals surface area contributed by atoms with Crippen LogP contribution in [0.4, 0.5) is 0 Å². The number of aryl methyl sites for hydroxylation is 2. The number of halogens is 2. The Morgan fingerprint density at radius 2 is 1.62 bits per heavy atom. The van der Waals surface area contributed by atoms with E-state index in [1.807, 2.05) is 31.7 Å². The van der Waals surface area contributed by atoms with Crippen LogP contribution in [0.3, 0.4) is 0 Å². The molecule has 0 saturated heterocycles. The molecule has 0 amide bonds. The summed E-state index contributed by atoms with van der Waals surface area (Å²) in [6.07, 6.45) is 5.75. The van der Waals surface area contributed by atoms with Crippen LogP contribution in [0.2, 0.25) is 0 Å². The summed E-state index contributed by atoms with van der Waals surface area (Å²) in [6.45, 7) is 0.702. The highest BCUT2D eigenvalue weighted by Gasteiger charge is 2.16. The van der Waals surface area contributed by atoms with Crippen LogP contribution in [-0.4, -0.2) is 9.55 Å². The lowest BCUT2D eigenvalue weighted by Gasteiger charge is -2.20. The molecule has 0 saturated carbocycles. The van der Waals surface area contributed by atoms with Crippen LogP contribution in [0, 0.1) is 11.3 Å². The minimum atomic E-state index is 0. The minimum absolute atomic E-state index is 0. The van der Waals surface area contributed by atoms with Gasteiger partial charge in [0.2, 0.25) is 0 Å². The van der Waals surface area contributed by atoms with E-state index < -0.39 is 0 Å². The van der Waals surface area contributed by atoms with Gasteiger partial charge in [0.15, 0.2) is 0 Å². The smallest absolute Gasteiger partial charge is 0.0998 e. The highest BCUT2D eigenvalue weighted by Crippen LogP contribution is 2.32. The lowest BCUT2D eigenvalue weighted by molar-refractivity contribution is 0.476. The lowest BCUT2D eigenvalue weighted by atomic mass is 9.93. The van der Waals surface area contributed by atoms with Crippen LogP contribution < -0.4 is 5.32 Å². The largest absolute Gasteiger partial charge is 0.336 e. The van der Waals surface area contributed by atoms with Gasteiger partial charge < -0.3 is 9.88 Å². The van der Waals surface area contributed by atoms with Crippen molar-refractivity contribution >= 4 is 35.6 Å². The van der Waals surface area contributed by atoms with Crippen LogP contribution >= 0.6 is 24.8 Å². The summed E-state index contributed by atoms with van der Waals surface area (Å²) in [5, 5.41) is 15.9. The van der Waals surface area contributed by atoms with Crippen molar-refractivity contribution in [2.45, 2.75) is 25.4 Å². The molecule has 1 N–H and O–H groups in total. The molecule has 0 radical (unpaired) electrons. The quantitative estimate of drug-likeness (QED) is 0.228. The molecule has 188 valence electrons. The zero-order chi connectivity index (χ0) is 24.0. The summed E-state index contributed by atoms with van der Waals surface area (Å²) in [5.41, 5.74) is 6.41. The molecular formula is C31H30Cl2N4. The maximum absolute atomic E-state index is 9.82. The Morgan fingerprint density at radius 3 is 2.38 bits per heavy atom. The molecule has 1 atom stereocenters. The number of aromatic nitrogens is 2. The fourth-order valence-electron chi connectivity index (χ4n) is 4.74. The molecule has 0 aliphatic heterocycles. The van der Waals surface area contributed by atoms with Crippen molar-refractivity contribution in [3.05, 3.63) is 126 Å². The third-order valence-corrected chi connectivity index (χ3v) is 6.61. The van der Waals surface area contributed by atoms with Gasteiger partial charge in [0, 0.05) is 31.4 Å². The summed E-state index contributed by atoms with van der Waals surface area (Å²) in [5.74, 6) is 0. The maximum atomic E-state index is 9.82. The number of benzene rings is 4. The molecule has 0 aliphatic carbocycles. The molecule has 5 aromatic rings. The van der Waals surface area contributed by atoms with E-state index in [4.69, 9.17) is 0 Å². The summed E-state index contributed by atoms with van der Waals surface area (Å²) >= 11 is 0. The Kier molecular flexibility index (Phi) is 9.88. The third-order valence-electron chi connectivity index (χ3n) is 6.61. The first kappa shape index (κ1) is 28.0. The summed E-state index contributed by atoms with van der Waals surface area (Å²) in [6, 6.07) is 33.9. The number of nitrogens with zero attached hydrogens (tertiary/aromatic N) is 3. The second-order valence-electron chi connectivity index (χ2n) is 8.91. The first-order chi connectivity index (χ1) is 17.2. The third kappa shape index (κ3) is 6.39. The molecule has 6 heteroatoms. The van der Waals surface area contributed by atoms with E-state index in [0.29, 0.717) is 12.1 Å². The van der Waals surface area contributed by atoms with Crippen molar-refractivity contribution in [3.8, 4) is 17.2 Å². The Morgan fingerprint density at radius 1 is 0.865 bits per heavy atom. The fraction of sp³-hybridized carbons (Fsp3) is 0.161. The van der Waals surface area contributed by atoms with Gasteiger partial charge in [0.25, 0.3) is 0 Å². The van der Waals surface area contributed by atoms with Gasteiger partial charge >= 0.3 is 0 Å². The number of rotatable bonds is 8. The fourth-order valence-corrected chi connectivity index (χ4v) is 4.74. The summed E-state index contributed by atoms with van der Waals surface area (Å²) in [7, 11) is 2.04. The molecule has 0 aliphatic rings. The van der Waals surface area contributed by atoms with Gasteiger partial charge in [-0.15, -0.1) is 24.8 Å². The van der Waals surface area contributed by atoms with Gasteiger partial charge in [-0.05, 0) is 52.4 Å². The second kappa shape index (κ2) is 13.1. The Bertz CT molecular complexity index is 1480. The van der Waals surface area contributed by atoms with E-state index in [0.717, 1.165) is 34.9 Å². The Balaban J connectivity index is 0.00000190. The topological polar surface area (TPSA) is 53.6 Å². The monoisotopic (exact) mass is 528 g/mol. The second-order valence-corrected chi connectivity index (χ2v) is 8.91. The van der Waals surface area contributed by atoms with Crippen molar-refractivity contribution in [1.29, 1.82) is 5.26 Å². The number of nitrogens with one attached hydrogen (secondary N) is 1. The van der Waals surface area contributed by atoms with E-state index in [9.17, 15) is 5.26 Å². The van der Waals surface area contributed by atoms with Crippen molar-refractivity contribution in [2.75, 3.05) is 0 Å². The Hall–Kier alpha value is -3.62. The van der Waals surface area contributed by atoms with E-state index in [-0.39, 0.29) is 30.9 Å². The molecule has 0 fully saturated rings. The molecule has 5 rings (SSSR count). The van der Waals surface area contributed by atoms with Gasteiger partial charge in [-0.25, -0.2) is 4.98 Å². The lowest BCUT2D eigenvalue weighted by Crippen LogP contribution is -2.23. The van der Waals surface area contributed by atoms with E-state index in [2.05, 4.69) is 99.8 Å². The number of imidazole rings is 1. The van der Waals surface area contributed by atoms with Crippen molar-refractivity contribution in [2.24, 2.45) is 7.05 Å². The molecule has 1 aromatic heterocycles. The van der Waals surface area contributed by atoms with Crippen molar-refractivity contribution in [1.82, 2.24) is 14.9 Å². The maximum Gasteiger partial charge on any atom is 0.0998 e. The summed E-state index contributed by atoms with van der Waals surface area (Å²) in [4.78, 5) is 4.34.